The zero-order valence-corrected chi connectivity index (χ0v) is 21.7. The SMILES string of the molecule is Cc1ccc(C(CC(=O)O)c2ccc(N(C)N)c(N)c2C)cc1CN1CCOc2ccc(Cl)cc2C1. The van der Waals surface area contributed by atoms with Gasteiger partial charge in [0.15, 0.2) is 0 Å². The quantitative estimate of drug-likeness (QED) is 0.238. The van der Waals surface area contributed by atoms with Crippen molar-refractivity contribution in [1.29, 1.82) is 0 Å². The first-order valence-corrected chi connectivity index (χ1v) is 12.3. The molecular weight excluding hydrogens is 476 g/mol. The summed E-state index contributed by atoms with van der Waals surface area (Å²) in [7, 11) is 1.73. The molecule has 0 saturated heterocycles. The lowest BCUT2D eigenvalue weighted by atomic mass is 9.84. The van der Waals surface area contributed by atoms with Crippen molar-refractivity contribution in [2.24, 2.45) is 5.84 Å². The Morgan fingerprint density at radius 3 is 2.69 bits per heavy atom. The Bertz CT molecular complexity index is 1280. The van der Waals surface area contributed by atoms with Crippen LogP contribution < -0.4 is 21.3 Å². The second-order valence-electron chi connectivity index (χ2n) is 9.47. The molecule has 0 amide bonds. The van der Waals surface area contributed by atoms with E-state index >= 15 is 0 Å². The molecule has 0 fully saturated rings. The number of rotatable bonds is 7. The number of carbonyl (C=O) groups is 1. The third kappa shape index (κ3) is 5.59. The van der Waals surface area contributed by atoms with Gasteiger partial charge in [0.1, 0.15) is 12.4 Å². The van der Waals surface area contributed by atoms with Crippen molar-refractivity contribution in [2.75, 3.05) is 30.9 Å². The molecule has 5 N–H and O–H groups in total. The van der Waals surface area contributed by atoms with Gasteiger partial charge in [-0.2, -0.15) is 0 Å². The predicted octanol–water partition coefficient (Wildman–Crippen LogP) is 4.85. The summed E-state index contributed by atoms with van der Waals surface area (Å²) >= 11 is 6.23. The van der Waals surface area contributed by atoms with Crippen LogP contribution in [0.5, 0.6) is 5.75 Å². The van der Waals surface area contributed by atoms with Crippen LogP contribution in [0.1, 0.15) is 45.7 Å². The molecule has 4 rings (SSSR count). The summed E-state index contributed by atoms with van der Waals surface area (Å²) in [4.78, 5) is 14.2. The summed E-state index contributed by atoms with van der Waals surface area (Å²) in [6, 6.07) is 15.7. The van der Waals surface area contributed by atoms with Crippen molar-refractivity contribution >= 4 is 28.9 Å². The Labute approximate surface area is 217 Å². The average Bonchev–Trinajstić information content (AvgIpc) is 3.01. The van der Waals surface area contributed by atoms with Crippen LogP contribution in [-0.4, -0.2) is 36.2 Å². The lowest BCUT2D eigenvalue weighted by molar-refractivity contribution is -0.137. The summed E-state index contributed by atoms with van der Waals surface area (Å²) in [5.41, 5.74) is 13.7. The van der Waals surface area contributed by atoms with E-state index in [0.29, 0.717) is 29.5 Å². The van der Waals surface area contributed by atoms with Crippen molar-refractivity contribution in [3.8, 4) is 5.75 Å². The number of hydrogen-bond acceptors (Lipinski definition) is 6. The average molecular weight is 509 g/mol. The van der Waals surface area contributed by atoms with Gasteiger partial charge in [0, 0.05) is 43.2 Å². The van der Waals surface area contributed by atoms with Crippen LogP contribution in [-0.2, 0) is 17.9 Å². The van der Waals surface area contributed by atoms with Gasteiger partial charge >= 0.3 is 5.97 Å². The number of nitrogens with zero attached hydrogens (tertiary/aromatic N) is 2. The number of nitrogens with two attached hydrogens (primary N) is 2. The number of hydrogen-bond donors (Lipinski definition) is 3. The molecule has 7 nitrogen and oxygen atoms in total. The van der Waals surface area contributed by atoms with E-state index in [2.05, 4.69) is 24.0 Å². The fourth-order valence-electron chi connectivity index (χ4n) is 4.87. The number of nitrogen functional groups attached to an aromatic ring is 1. The molecule has 3 aromatic carbocycles. The molecule has 1 aliphatic rings. The Morgan fingerprint density at radius 1 is 1.19 bits per heavy atom. The maximum atomic E-state index is 11.9. The number of aryl methyl sites for hydroxylation is 1. The lowest BCUT2D eigenvalue weighted by Gasteiger charge is -2.25. The van der Waals surface area contributed by atoms with Crippen molar-refractivity contribution in [1.82, 2.24) is 4.90 Å². The van der Waals surface area contributed by atoms with Crippen molar-refractivity contribution in [3.05, 3.63) is 86.9 Å². The summed E-state index contributed by atoms with van der Waals surface area (Å²) < 4.78 is 5.93. The third-order valence-corrected chi connectivity index (χ3v) is 7.15. The number of carboxylic acids is 1. The summed E-state index contributed by atoms with van der Waals surface area (Å²) in [5, 5.41) is 11.9. The van der Waals surface area contributed by atoms with Crippen LogP contribution in [0.25, 0.3) is 0 Å². The minimum atomic E-state index is -0.863. The lowest BCUT2D eigenvalue weighted by Crippen LogP contribution is -2.26. The van der Waals surface area contributed by atoms with Gasteiger partial charge < -0.3 is 20.6 Å². The van der Waals surface area contributed by atoms with Crippen molar-refractivity contribution in [2.45, 2.75) is 39.3 Å². The summed E-state index contributed by atoms with van der Waals surface area (Å²) in [6.45, 7) is 6.81. The fourth-order valence-corrected chi connectivity index (χ4v) is 5.06. The maximum Gasteiger partial charge on any atom is 0.304 e. The molecule has 0 saturated carbocycles. The Morgan fingerprint density at radius 2 is 1.97 bits per heavy atom. The van der Waals surface area contributed by atoms with E-state index < -0.39 is 5.97 Å². The molecule has 1 unspecified atom stereocenters. The van der Waals surface area contributed by atoms with Gasteiger partial charge in [0.25, 0.3) is 0 Å². The molecule has 36 heavy (non-hydrogen) atoms. The van der Waals surface area contributed by atoms with E-state index in [9.17, 15) is 9.90 Å². The number of anilines is 2. The molecule has 1 aliphatic heterocycles. The number of ether oxygens (including phenoxy) is 1. The summed E-state index contributed by atoms with van der Waals surface area (Å²) in [5.74, 6) is 5.58. The van der Waals surface area contributed by atoms with Crippen molar-refractivity contribution < 1.29 is 14.6 Å². The van der Waals surface area contributed by atoms with Gasteiger partial charge in [-0.1, -0.05) is 35.9 Å². The van der Waals surface area contributed by atoms with Gasteiger partial charge in [0.2, 0.25) is 0 Å². The predicted molar refractivity (Wildman–Crippen MR) is 145 cm³/mol. The number of hydrazine groups is 1. The number of fused-ring (bicyclic) bond motifs is 1. The van der Waals surface area contributed by atoms with Crippen LogP contribution in [0.2, 0.25) is 5.02 Å². The third-order valence-electron chi connectivity index (χ3n) is 6.92. The van der Waals surface area contributed by atoms with Crippen LogP contribution in [0.3, 0.4) is 0 Å². The van der Waals surface area contributed by atoms with E-state index in [1.807, 2.05) is 43.3 Å². The van der Waals surface area contributed by atoms with Gasteiger partial charge in [0.05, 0.1) is 17.8 Å². The minimum Gasteiger partial charge on any atom is -0.492 e. The largest absolute Gasteiger partial charge is 0.492 e. The topological polar surface area (TPSA) is 105 Å². The highest BCUT2D eigenvalue weighted by Crippen LogP contribution is 2.37. The smallest absolute Gasteiger partial charge is 0.304 e. The fraction of sp³-hybridized carbons (Fsp3) is 0.321. The second-order valence-corrected chi connectivity index (χ2v) is 9.91. The molecule has 0 radical (unpaired) electrons. The minimum absolute atomic E-state index is 0.0377. The first-order valence-electron chi connectivity index (χ1n) is 12.0. The molecule has 0 aromatic heterocycles. The van der Waals surface area contributed by atoms with Gasteiger partial charge in [-0.15, -0.1) is 0 Å². The maximum absolute atomic E-state index is 11.9. The van der Waals surface area contributed by atoms with Crippen LogP contribution >= 0.6 is 11.6 Å². The summed E-state index contributed by atoms with van der Waals surface area (Å²) in [6.07, 6.45) is -0.0377. The van der Waals surface area contributed by atoms with E-state index in [-0.39, 0.29) is 12.3 Å². The van der Waals surface area contributed by atoms with Crippen molar-refractivity contribution in [3.63, 3.8) is 0 Å². The Hall–Kier alpha value is -3.26. The van der Waals surface area contributed by atoms with Gasteiger partial charge in [-0.05, 0) is 65.9 Å². The highest BCUT2D eigenvalue weighted by molar-refractivity contribution is 6.30. The molecular formula is C28H33ClN4O3. The molecule has 190 valence electrons. The van der Waals surface area contributed by atoms with Crippen LogP contribution in [0.15, 0.2) is 48.5 Å². The highest BCUT2D eigenvalue weighted by atomic mass is 35.5. The molecule has 0 spiro atoms. The molecule has 0 aliphatic carbocycles. The van der Waals surface area contributed by atoms with Gasteiger partial charge in [-0.25, -0.2) is 5.84 Å². The number of halogens is 1. The van der Waals surface area contributed by atoms with Crippen LogP contribution in [0.4, 0.5) is 11.4 Å². The first-order chi connectivity index (χ1) is 17.1. The molecule has 0 bridgehead atoms. The van der Waals surface area contributed by atoms with Gasteiger partial charge in [-0.3, -0.25) is 9.69 Å². The van der Waals surface area contributed by atoms with E-state index in [1.54, 1.807) is 7.05 Å². The number of aliphatic carboxylic acids is 1. The van der Waals surface area contributed by atoms with Crippen LogP contribution in [0, 0.1) is 13.8 Å². The molecule has 3 aromatic rings. The number of benzene rings is 3. The van der Waals surface area contributed by atoms with E-state index in [1.165, 1.54) is 5.01 Å². The Kier molecular flexibility index (Phi) is 7.73. The second kappa shape index (κ2) is 10.8. The number of carboxylic acid groups (broad SMARTS) is 1. The Balaban J connectivity index is 1.67. The molecule has 1 atom stereocenters. The van der Waals surface area contributed by atoms with E-state index in [4.69, 9.17) is 27.9 Å². The monoisotopic (exact) mass is 508 g/mol. The van der Waals surface area contributed by atoms with E-state index in [0.717, 1.165) is 52.2 Å². The first kappa shape index (κ1) is 25.8. The molecule has 8 heteroatoms. The normalized spacial score (nSPS) is 14.5. The highest BCUT2D eigenvalue weighted by Gasteiger charge is 2.23. The molecule has 1 heterocycles. The standard InChI is InChI=1S/C28H33ClN4O3/c1-17-4-5-19(24(14-27(34)35)23-7-8-25(32(3)31)28(30)18(23)2)12-20(17)15-33-10-11-36-26-9-6-22(29)13-21(26)16-33/h4-9,12-13,24H,10-11,14-16,30-31H2,1-3H3,(H,34,35). The zero-order chi connectivity index (χ0) is 26.0. The zero-order valence-electron chi connectivity index (χ0n) is 20.9.